The van der Waals surface area contributed by atoms with Gasteiger partial charge in [-0.25, -0.2) is 4.79 Å². The van der Waals surface area contributed by atoms with Gasteiger partial charge in [0.1, 0.15) is 0 Å². The number of epoxide rings is 1. The van der Waals surface area contributed by atoms with Gasteiger partial charge in [-0.3, -0.25) is 14.4 Å². The first-order chi connectivity index (χ1) is 19.0. The average molecular weight is 548 g/mol. The standard InChI is InChI=1S/C32H37NO7/c1-18-10-9-13-23-29-31(5,40-29)20(3)27-24(17-22-11-7-6-8-12-22)33-30(37)32(23,27)39-26(36)15-14-25(35)28(19(2)16-18)38-21(4)34/h6-9,11-16,18,20,23-24,27-29H,10,17H2,1-5H3,(H,33,37)/t18-,20-,23-,24-,27-,28+,29-,31+,32+/m0/s1. The molecule has 1 aromatic rings. The van der Waals surface area contributed by atoms with Crippen molar-refractivity contribution in [1.82, 2.24) is 5.32 Å². The highest BCUT2D eigenvalue weighted by atomic mass is 16.6. The van der Waals surface area contributed by atoms with E-state index in [1.807, 2.05) is 55.5 Å². The molecule has 40 heavy (non-hydrogen) atoms. The van der Waals surface area contributed by atoms with Crippen LogP contribution in [0.1, 0.15) is 46.6 Å². The third kappa shape index (κ3) is 4.83. The molecule has 5 rings (SSSR count). The smallest absolute Gasteiger partial charge is 0.331 e. The summed E-state index contributed by atoms with van der Waals surface area (Å²) >= 11 is 0. The van der Waals surface area contributed by atoms with E-state index in [1.165, 1.54) is 6.92 Å². The third-order valence-electron chi connectivity index (χ3n) is 9.06. The Bertz CT molecular complexity index is 1300. The van der Waals surface area contributed by atoms with Crippen molar-refractivity contribution in [3.63, 3.8) is 0 Å². The number of hydrogen-bond donors (Lipinski definition) is 1. The molecule has 1 spiro atoms. The van der Waals surface area contributed by atoms with Gasteiger partial charge in [-0.2, -0.15) is 0 Å². The number of amides is 1. The van der Waals surface area contributed by atoms with Crippen molar-refractivity contribution >= 4 is 23.6 Å². The second kappa shape index (κ2) is 10.5. The molecule has 4 aliphatic rings. The summed E-state index contributed by atoms with van der Waals surface area (Å²) < 4.78 is 17.8. The summed E-state index contributed by atoms with van der Waals surface area (Å²) in [6, 6.07) is 9.63. The Balaban J connectivity index is 1.57. The van der Waals surface area contributed by atoms with Crippen LogP contribution < -0.4 is 5.32 Å². The Hall–Kier alpha value is -3.52. The third-order valence-corrected chi connectivity index (χ3v) is 9.06. The number of nitrogens with one attached hydrogen (secondary N) is 1. The van der Waals surface area contributed by atoms with Crippen molar-refractivity contribution in [3.05, 3.63) is 71.8 Å². The molecule has 1 saturated carbocycles. The van der Waals surface area contributed by atoms with Crippen molar-refractivity contribution in [2.24, 2.45) is 23.7 Å². The van der Waals surface area contributed by atoms with Gasteiger partial charge in [0.15, 0.2) is 6.10 Å². The molecular formula is C32H37NO7. The van der Waals surface area contributed by atoms with Crippen LogP contribution in [-0.4, -0.2) is 53.1 Å². The van der Waals surface area contributed by atoms with E-state index in [4.69, 9.17) is 14.2 Å². The van der Waals surface area contributed by atoms with Crippen LogP contribution in [0, 0.1) is 23.7 Å². The van der Waals surface area contributed by atoms with E-state index in [0.717, 1.165) is 17.7 Å². The second-order valence-corrected chi connectivity index (χ2v) is 11.8. The molecule has 0 unspecified atom stereocenters. The van der Waals surface area contributed by atoms with E-state index >= 15 is 0 Å². The predicted molar refractivity (Wildman–Crippen MR) is 147 cm³/mol. The molecule has 3 fully saturated rings. The van der Waals surface area contributed by atoms with Gasteiger partial charge in [-0.05, 0) is 55.7 Å². The van der Waals surface area contributed by atoms with E-state index in [9.17, 15) is 19.2 Å². The minimum atomic E-state index is -1.51. The number of ketones is 1. The molecule has 212 valence electrons. The Labute approximate surface area is 234 Å². The van der Waals surface area contributed by atoms with Crippen molar-refractivity contribution in [3.8, 4) is 0 Å². The molecule has 2 saturated heterocycles. The topological polar surface area (TPSA) is 111 Å². The summed E-state index contributed by atoms with van der Waals surface area (Å²) in [5.41, 5.74) is -0.308. The quantitative estimate of drug-likeness (QED) is 0.349. The SMILES string of the molecule is CC(=O)O[C@H]1C(=O)C=CC(=O)O[C@@]23C(=O)N[C@@H](Cc4ccccc4)[C@@H]2[C@H](C)[C@@]2(C)O[C@H]2[C@@H]3C=CC[C@H](C)C=C1C. The van der Waals surface area contributed by atoms with E-state index < -0.39 is 40.9 Å². The maximum Gasteiger partial charge on any atom is 0.331 e. The summed E-state index contributed by atoms with van der Waals surface area (Å²) in [6.45, 7) is 9.09. The van der Waals surface area contributed by atoms with Crippen molar-refractivity contribution in [2.75, 3.05) is 0 Å². The number of carbonyl (C=O) groups is 4. The summed E-state index contributed by atoms with van der Waals surface area (Å²) in [7, 11) is 0. The first-order valence-corrected chi connectivity index (χ1v) is 14.0. The highest BCUT2D eigenvalue weighted by Crippen LogP contribution is 2.63. The number of carbonyl (C=O) groups excluding carboxylic acids is 4. The second-order valence-electron chi connectivity index (χ2n) is 11.8. The molecule has 0 aromatic heterocycles. The lowest BCUT2D eigenvalue weighted by molar-refractivity contribution is -0.177. The minimum absolute atomic E-state index is 0.0144. The zero-order valence-electron chi connectivity index (χ0n) is 23.6. The van der Waals surface area contributed by atoms with Crippen molar-refractivity contribution < 1.29 is 33.4 Å². The lowest BCUT2D eigenvalue weighted by Crippen LogP contribution is -2.61. The minimum Gasteiger partial charge on any atom is -0.450 e. The first kappa shape index (κ1) is 28.0. The highest BCUT2D eigenvalue weighted by molar-refractivity contribution is 6.01. The number of fused-ring (bicyclic) bond motifs is 2. The Morgan fingerprint density at radius 2 is 1.85 bits per heavy atom. The summed E-state index contributed by atoms with van der Waals surface area (Å²) in [6.07, 6.45) is 7.70. The van der Waals surface area contributed by atoms with Crippen LogP contribution in [0.5, 0.6) is 0 Å². The predicted octanol–water partition coefficient (Wildman–Crippen LogP) is 3.65. The molecule has 3 aliphatic heterocycles. The monoisotopic (exact) mass is 547 g/mol. The first-order valence-electron chi connectivity index (χ1n) is 14.0. The maximum atomic E-state index is 14.0. The molecule has 3 heterocycles. The summed E-state index contributed by atoms with van der Waals surface area (Å²) in [5.74, 6) is -3.26. The molecule has 1 amide bonds. The molecule has 8 nitrogen and oxygen atoms in total. The van der Waals surface area contributed by atoms with Gasteiger partial charge in [-0.1, -0.05) is 62.4 Å². The average Bonchev–Trinajstić information content (AvgIpc) is 3.52. The zero-order valence-corrected chi connectivity index (χ0v) is 23.6. The van der Waals surface area contributed by atoms with Gasteiger partial charge in [0.2, 0.25) is 11.4 Å². The van der Waals surface area contributed by atoms with Gasteiger partial charge >= 0.3 is 11.9 Å². The lowest BCUT2D eigenvalue weighted by atomic mass is 9.59. The fourth-order valence-corrected chi connectivity index (χ4v) is 7.03. The Morgan fingerprint density at radius 3 is 2.55 bits per heavy atom. The van der Waals surface area contributed by atoms with Crippen LogP contribution in [0.15, 0.2) is 66.3 Å². The molecule has 1 aromatic carbocycles. The van der Waals surface area contributed by atoms with Crippen LogP contribution in [0.2, 0.25) is 0 Å². The van der Waals surface area contributed by atoms with Gasteiger partial charge in [0.25, 0.3) is 5.91 Å². The largest absolute Gasteiger partial charge is 0.450 e. The van der Waals surface area contributed by atoms with E-state index in [2.05, 4.69) is 19.2 Å². The summed E-state index contributed by atoms with van der Waals surface area (Å²) in [4.78, 5) is 52.1. The van der Waals surface area contributed by atoms with Gasteiger partial charge in [0.05, 0.1) is 17.6 Å². The Kier molecular flexibility index (Phi) is 7.33. The Morgan fingerprint density at radius 1 is 1.12 bits per heavy atom. The normalized spacial score (nSPS) is 39.1. The van der Waals surface area contributed by atoms with Crippen molar-refractivity contribution in [2.45, 2.75) is 76.9 Å². The number of esters is 2. The number of rotatable bonds is 3. The molecular weight excluding hydrogens is 510 g/mol. The number of allylic oxidation sites excluding steroid dienone is 2. The van der Waals surface area contributed by atoms with Gasteiger partial charge in [-0.15, -0.1) is 0 Å². The van der Waals surface area contributed by atoms with Crippen LogP contribution in [0.3, 0.4) is 0 Å². The van der Waals surface area contributed by atoms with Crippen LogP contribution >= 0.6 is 0 Å². The molecule has 0 bridgehead atoms. The van der Waals surface area contributed by atoms with E-state index in [1.54, 1.807) is 6.92 Å². The molecule has 9 atom stereocenters. The highest BCUT2D eigenvalue weighted by Gasteiger charge is 2.78. The molecule has 8 heteroatoms. The summed E-state index contributed by atoms with van der Waals surface area (Å²) in [5, 5.41) is 3.17. The molecule has 0 radical (unpaired) electrons. The molecule has 1 N–H and O–H groups in total. The number of benzene rings is 1. The van der Waals surface area contributed by atoms with Gasteiger partial charge in [0, 0.05) is 25.0 Å². The zero-order chi connectivity index (χ0) is 28.8. The molecule has 1 aliphatic carbocycles. The lowest BCUT2D eigenvalue weighted by Gasteiger charge is -2.45. The fraction of sp³-hybridized carbons (Fsp3) is 0.500. The van der Waals surface area contributed by atoms with Crippen LogP contribution in [0.25, 0.3) is 0 Å². The van der Waals surface area contributed by atoms with Crippen LogP contribution in [0.4, 0.5) is 0 Å². The fourth-order valence-electron chi connectivity index (χ4n) is 7.03. The maximum absolute atomic E-state index is 14.0. The van der Waals surface area contributed by atoms with Gasteiger partial charge < -0.3 is 19.5 Å². The van der Waals surface area contributed by atoms with Crippen molar-refractivity contribution in [1.29, 1.82) is 0 Å². The number of ether oxygens (including phenoxy) is 3. The van der Waals surface area contributed by atoms with E-state index in [-0.39, 0.29) is 35.8 Å². The van der Waals surface area contributed by atoms with Crippen LogP contribution in [-0.2, 0) is 39.8 Å². The van der Waals surface area contributed by atoms with E-state index in [0.29, 0.717) is 18.4 Å². The number of hydrogen-bond acceptors (Lipinski definition) is 7.